The Morgan fingerprint density at radius 2 is 1.66 bits per heavy atom. The minimum absolute atomic E-state index is 0.0311. The van der Waals surface area contributed by atoms with Crippen molar-refractivity contribution >= 4 is 27.5 Å². The van der Waals surface area contributed by atoms with Crippen molar-refractivity contribution in [3.05, 3.63) is 46.9 Å². The number of amides is 1. The molecule has 0 bridgehead atoms. The summed E-state index contributed by atoms with van der Waals surface area (Å²) in [4.78, 5) is 14.9. The van der Waals surface area contributed by atoms with Crippen LogP contribution in [0.2, 0.25) is 0 Å². The van der Waals surface area contributed by atoms with Gasteiger partial charge in [-0.05, 0) is 53.8 Å². The molecule has 4 rings (SSSR count). The third-order valence-corrected chi connectivity index (χ3v) is 8.55. The zero-order valence-electron chi connectivity index (χ0n) is 16.5. The molecule has 2 aliphatic heterocycles. The quantitative estimate of drug-likeness (QED) is 0.698. The molecule has 0 radical (unpaired) electrons. The lowest BCUT2D eigenvalue weighted by molar-refractivity contribution is -0.131. The lowest BCUT2D eigenvalue weighted by Crippen LogP contribution is -2.44. The maximum Gasteiger partial charge on any atom is 0.282 e. The van der Waals surface area contributed by atoms with E-state index in [-0.39, 0.29) is 11.9 Å². The van der Waals surface area contributed by atoms with Crippen molar-refractivity contribution in [2.24, 2.45) is 0 Å². The highest BCUT2D eigenvalue weighted by Crippen LogP contribution is 2.26. The van der Waals surface area contributed by atoms with Crippen molar-refractivity contribution in [1.82, 2.24) is 18.1 Å². The van der Waals surface area contributed by atoms with Crippen LogP contribution in [-0.2, 0) is 15.0 Å². The van der Waals surface area contributed by atoms with Crippen LogP contribution in [0.3, 0.4) is 0 Å². The monoisotopic (exact) mass is 436 g/mol. The summed E-state index contributed by atoms with van der Waals surface area (Å²) in [7, 11) is -3.40. The van der Waals surface area contributed by atoms with Crippen LogP contribution in [0.1, 0.15) is 37.3 Å². The summed E-state index contributed by atoms with van der Waals surface area (Å²) in [5.41, 5.74) is 1.13. The summed E-state index contributed by atoms with van der Waals surface area (Å²) < 4.78 is 30.9. The molecule has 2 fully saturated rings. The smallest absolute Gasteiger partial charge is 0.282 e. The zero-order valence-corrected chi connectivity index (χ0v) is 18.2. The molecule has 1 unspecified atom stereocenters. The van der Waals surface area contributed by atoms with Crippen LogP contribution in [0, 0.1) is 0 Å². The molecule has 9 heteroatoms. The molecule has 2 saturated heterocycles. The average Bonchev–Trinajstić information content (AvgIpc) is 3.46. The number of thiophene rings is 1. The molecule has 0 spiro atoms. The molecule has 0 saturated carbocycles. The summed E-state index contributed by atoms with van der Waals surface area (Å²) in [6.07, 6.45) is 6.89. The van der Waals surface area contributed by atoms with E-state index in [1.165, 1.54) is 0 Å². The molecule has 29 heavy (non-hydrogen) atoms. The third kappa shape index (κ3) is 4.58. The Bertz CT molecular complexity index is 856. The van der Waals surface area contributed by atoms with E-state index in [0.29, 0.717) is 52.1 Å². The Kier molecular flexibility index (Phi) is 6.38. The van der Waals surface area contributed by atoms with E-state index in [2.05, 4.69) is 16.0 Å². The maximum absolute atomic E-state index is 13.1. The number of nitrogens with zero attached hydrogens (tertiary/aromatic N) is 4. The molecule has 0 aromatic carbocycles. The second-order valence-electron chi connectivity index (χ2n) is 7.65. The molecule has 0 N–H and O–H groups in total. The molecule has 4 heterocycles. The van der Waals surface area contributed by atoms with Crippen LogP contribution >= 0.6 is 11.3 Å². The molecule has 2 aromatic rings. The fourth-order valence-corrected chi connectivity index (χ4v) is 6.59. The van der Waals surface area contributed by atoms with Gasteiger partial charge < -0.3 is 9.47 Å². The van der Waals surface area contributed by atoms with Crippen LogP contribution in [0.15, 0.2) is 41.4 Å². The molecular formula is C20H28N4O3S2. The summed E-state index contributed by atoms with van der Waals surface area (Å²) in [5, 5.41) is 4.12. The molecule has 1 amide bonds. The molecule has 2 aliphatic rings. The summed E-state index contributed by atoms with van der Waals surface area (Å²) >= 11 is 1.63. The summed E-state index contributed by atoms with van der Waals surface area (Å²) in [6, 6.07) is 5.97. The van der Waals surface area contributed by atoms with Crippen molar-refractivity contribution in [2.75, 3.05) is 39.3 Å². The molecular weight excluding hydrogens is 408 g/mol. The largest absolute Gasteiger partial charge is 0.346 e. The Morgan fingerprint density at radius 1 is 0.966 bits per heavy atom. The van der Waals surface area contributed by atoms with Crippen molar-refractivity contribution in [3.63, 3.8) is 0 Å². The standard InChI is InChI=1S/C20H28N4O3S2/c25-20(16-19(18-6-15-28-17-18)21-7-1-2-8-21)22-9-5-12-24(14-13-22)29(26,27)23-10-3-4-11-23/h1-2,6-8,15,17,19H,3-5,9-14,16H2. The van der Waals surface area contributed by atoms with E-state index in [9.17, 15) is 13.2 Å². The molecule has 0 aliphatic carbocycles. The highest BCUT2D eigenvalue weighted by atomic mass is 32.2. The normalized spacial score (nSPS) is 20.6. The zero-order chi connectivity index (χ0) is 20.3. The fraction of sp³-hybridized carbons (Fsp3) is 0.550. The van der Waals surface area contributed by atoms with Crippen molar-refractivity contribution in [3.8, 4) is 0 Å². The van der Waals surface area contributed by atoms with Crippen LogP contribution in [-0.4, -0.2) is 71.7 Å². The first kappa shape index (κ1) is 20.6. The number of carbonyl (C=O) groups is 1. The SMILES string of the molecule is O=C(CC(c1ccsc1)n1cccc1)N1CCCN(S(=O)(=O)N2CCCC2)CC1. The maximum atomic E-state index is 13.1. The van der Waals surface area contributed by atoms with Crippen molar-refractivity contribution < 1.29 is 13.2 Å². The predicted molar refractivity (Wildman–Crippen MR) is 114 cm³/mol. The van der Waals surface area contributed by atoms with Gasteiger partial charge in [-0.2, -0.15) is 28.4 Å². The highest BCUT2D eigenvalue weighted by Gasteiger charge is 2.33. The van der Waals surface area contributed by atoms with E-state index < -0.39 is 10.2 Å². The first-order valence-electron chi connectivity index (χ1n) is 10.2. The van der Waals surface area contributed by atoms with Crippen molar-refractivity contribution in [2.45, 2.75) is 31.7 Å². The Hall–Kier alpha value is -1.68. The van der Waals surface area contributed by atoms with Gasteiger partial charge in [0.1, 0.15) is 0 Å². The van der Waals surface area contributed by atoms with E-state index in [4.69, 9.17) is 0 Å². The topological polar surface area (TPSA) is 65.9 Å². The van der Waals surface area contributed by atoms with Crippen LogP contribution in [0.4, 0.5) is 0 Å². The predicted octanol–water partition coefficient (Wildman–Crippen LogP) is 2.40. The minimum Gasteiger partial charge on any atom is -0.346 e. The Labute approximate surface area is 176 Å². The minimum atomic E-state index is -3.40. The van der Waals surface area contributed by atoms with Crippen LogP contribution < -0.4 is 0 Å². The van der Waals surface area contributed by atoms with Gasteiger partial charge >= 0.3 is 0 Å². The second kappa shape index (κ2) is 8.99. The van der Waals surface area contributed by atoms with E-state index in [1.54, 1.807) is 19.9 Å². The molecule has 158 valence electrons. The number of rotatable bonds is 6. The van der Waals surface area contributed by atoms with Gasteiger partial charge in [-0.25, -0.2) is 0 Å². The molecule has 2 aromatic heterocycles. The molecule has 7 nitrogen and oxygen atoms in total. The van der Waals surface area contributed by atoms with Gasteiger partial charge in [0.2, 0.25) is 5.91 Å². The molecule has 1 atom stereocenters. The lowest BCUT2D eigenvalue weighted by atomic mass is 10.1. The van der Waals surface area contributed by atoms with Gasteiger partial charge in [-0.1, -0.05) is 0 Å². The summed E-state index contributed by atoms with van der Waals surface area (Å²) in [6.45, 7) is 3.13. The van der Waals surface area contributed by atoms with Gasteiger partial charge in [0.05, 0.1) is 12.5 Å². The fourth-order valence-electron chi connectivity index (χ4n) is 4.17. The third-order valence-electron chi connectivity index (χ3n) is 5.81. The number of hydrogen-bond acceptors (Lipinski definition) is 4. The van der Waals surface area contributed by atoms with Gasteiger partial charge in [-0.3, -0.25) is 4.79 Å². The van der Waals surface area contributed by atoms with E-state index in [0.717, 1.165) is 18.4 Å². The number of aromatic nitrogens is 1. The van der Waals surface area contributed by atoms with E-state index in [1.807, 2.05) is 34.8 Å². The first-order valence-corrected chi connectivity index (χ1v) is 12.6. The van der Waals surface area contributed by atoms with Gasteiger partial charge in [0.15, 0.2) is 0 Å². The van der Waals surface area contributed by atoms with E-state index >= 15 is 0 Å². The Morgan fingerprint density at radius 3 is 2.34 bits per heavy atom. The van der Waals surface area contributed by atoms with Crippen molar-refractivity contribution in [1.29, 1.82) is 0 Å². The second-order valence-corrected chi connectivity index (χ2v) is 10.4. The summed E-state index contributed by atoms with van der Waals surface area (Å²) in [5.74, 6) is 0.0790. The highest BCUT2D eigenvalue weighted by molar-refractivity contribution is 7.86. The van der Waals surface area contributed by atoms with Gasteiger partial charge in [-0.15, -0.1) is 0 Å². The Balaban J connectivity index is 1.41. The van der Waals surface area contributed by atoms with Gasteiger partial charge in [0.25, 0.3) is 10.2 Å². The average molecular weight is 437 g/mol. The number of hydrogen-bond donors (Lipinski definition) is 0. The van der Waals surface area contributed by atoms with Crippen LogP contribution in [0.5, 0.6) is 0 Å². The first-order chi connectivity index (χ1) is 14.1. The van der Waals surface area contributed by atoms with Gasteiger partial charge in [0, 0.05) is 51.7 Å². The number of carbonyl (C=O) groups excluding carboxylic acids is 1. The lowest BCUT2D eigenvalue weighted by Gasteiger charge is -2.27. The van der Waals surface area contributed by atoms with Crippen LogP contribution in [0.25, 0.3) is 0 Å².